The van der Waals surface area contributed by atoms with Crippen LogP contribution in [0.1, 0.15) is 25.3 Å². The molecule has 1 aliphatic heterocycles. The summed E-state index contributed by atoms with van der Waals surface area (Å²) in [7, 11) is 1.87. The largest absolute Gasteiger partial charge is 0.356 e. The standard InChI is InChI=1S/C22H22N8/c1-3-15-6-7-29(12-15)20-5-4-16(9-24-20)21-22-17(8-23)10-26-30(22)14-19(27-21)18-11-25-28(2)13-18/h4-5,9-11,13-15H,3,6-7,12H2,1-2H3/t15-/m1/s1. The van der Waals surface area contributed by atoms with Crippen molar-refractivity contribution in [1.82, 2.24) is 29.4 Å². The van der Waals surface area contributed by atoms with Crippen LogP contribution in [0.3, 0.4) is 0 Å². The van der Waals surface area contributed by atoms with Gasteiger partial charge in [-0.05, 0) is 24.5 Å². The predicted molar refractivity (Wildman–Crippen MR) is 114 cm³/mol. The van der Waals surface area contributed by atoms with Gasteiger partial charge >= 0.3 is 0 Å². The Morgan fingerprint density at radius 2 is 2.03 bits per heavy atom. The van der Waals surface area contributed by atoms with Gasteiger partial charge in [-0.1, -0.05) is 13.3 Å². The summed E-state index contributed by atoms with van der Waals surface area (Å²) in [4.78, 5) is 11.9. The van der Waals surface area contributed by atoms with Crippen molar-refractivity contribution in [3.8, 4) is 28.6 Å². The topological polar surface area (TPSA) is 87.9 Å². The third-order valence-electron chi connectivity index (χ3n) is 5.83. The highest BCUT2D eigenvalue weighted by molar-refractivity contribution is 5.83. The molecule has 0 radical (unpaired) electrons. The second-order valence-corrected chi connectivity index (χ2v) is 7.75. The summed E-state index contributed by atoms with van der Waals surface area (Å²) in [6.45, 7) is 4.35. The molecule has 5 heterocycles. The van der Waals surface area contributed by atoms with Crippen LogP contribution in [0.4, 0.5) is 5.82 Å². The highest BCUT2D eigenvalue weighted by Crippen LogP contribution is 2.30. The molecule has 5 rings (SSSR count). The SMILES string of the molecule is CC[C@@H]1CCN(c2ccc(-c3nc(-c4cnn(C)c4)cn4ncc(C#N)c34)cn2)C1. The normalized spacial score (nSPS) is 16.3. The van der Waals surface area contributed by atoms with E-state index in [0.717, 1.165) is 41.6 Å². The number of pyridine rings is 1. The summed E-state index contributed by atoms with van der Waals surface area (Å²) in [6.07, 6.45) is 11.3. The van der Waals surface area contributed by atoms with Gasteiger partial charge in [0, 0.05) is 43.7 Å². The van der Waals surface area contributed by atoms with Gasteiger partial charge in [-0.3, -0.25) is 4.68 Å². The average molecular weight is 398 g/mol. The molecule has 4 aromatic heterocycles. The Morgan fingerprint density at radius 1 is 1.13 bits per heavy atom. The molecule has 0 aliphatic carbocycles. The van der Waals surface area contributed by atoms with Crippen LogP contribution in [-0.4, -0.2) is 42.5 Å². The lowest BCUT2D eigenvalue weighted by molar-refractivity contribution is 0.569. The van der Waals surface area contributed by atoms with E-state index in [2.05, 4.69) is 28.1 Å². The highest BCUT2D eigenvalue weighted by Gasteiger charge is 2.22. The summed E-state index contributed by atoms with van der Waals surface area (Å²) in [5.74, 6) is 1.73. The second kappa shape index (κ2) is 7.26. The maximum Gasteiger partial charge on any atom is 0.128 e. The average Bonchev–Trinajstić information content (AvgIpc) is 3.52. The van der Waals surface area contributed by atoms with Gasteiger partial charge in [0.25, 0.3) is 0 Å². The van der Waals surface area contributed by atoms with E-state index in [1.54, 1.807) is 21.6 Å². The maximum absolute atomic E-state index is 9.55. The van der Waals surface area contributed by atoms with Gasteiger partial charge in [-0.2, -0.15) is 15.5 Å². The van der Waals surface area contributed by atoms with Crippen LogP contribution in [-0.2, 0) is 7.05 Å². The molecular weight excluding hydrogens is 376 g/mol. The van der Waals surface area contributed by atoms with Crippen molar-refractivity contribution in [2.45, 2.75) is 19.8 Å². The molecule has 0 unspecified atom stereocenters. The Bertz CT molecular complexity index is 1240. The van der Waals surface area contributed by atoms with Crippen molar-refractivity contribution < 1.29 is 0 Å². The van der Waals surface area contributed by atoms with Crippen LogP contribution in [0.2, 0.25) is 0 Å². The lowest BCUT2D eigenvalue weighted by atomic mass is 10.1. The van der Waals surface area contributed by atoms with Crippen LogP contribution < -0.4 is 4.90 Å². The molecule has 8 nitrogen and oxygen atoms in total. The van der Waals surface area contributed by atoms with Crippen molar-refractivity contribution in [3.05, 3.63) is 48.7 Å². The molecule has 1 fully saturated rings. The quantitative estimate of drug-likeness (QED) is 0.524. The van der Waals surface area contributed by atoms with E-state index < -0.39 is 0 Å². The summed E-state index contributed by atoms with van der Waals surface area (Å²) < 4.78 is 3.45. The summed E-state index contributed by atoms with van der Waals surface area (Å²) >= 11 is 0. The Labute approximate surface area is 174 Å². The van der Waals surface area contributed by atoms with Crippen molar-refractivity contribution in [2.24, 2.45) is 13.0 Å². The lowest BCUT2D eigenvalue weighted by Gasteiger charge is -2.17. The van der Waals surface area contributed by atoms with E-state index in [-0.39, 0.29) is 0 Å². The molecule has 150 valence electrons. The first-order valence-corrected chi connectivity index (χ1v) is 10.1. The van der Waals surface area contributed by atoms with E-state index in [4.69, 9.17) is 9.97 Å². The fraction of sp³-hybridized carbons (Fsp3) is 0.318. The summed E-state index contributed by atoms with van der Waals surface area (Å²) in [6, 6.07) is 6.30. The van der Waals surface area contributed by atoms with E-state index in [1.165, 1.54) is 12.8 Å². The molecule has 30 heavy (non-hydrogen) atoms. The molecule has 1 saturated heterocycles. The maximum atomic E-state index is 9.55. The van der Waals surface area contributed by atoms with Gasteiger partial charge in [0.05, 0.1) is 30.0 Å². The molecular formula is C22H22N8. The number of nitriles is 1. The van der Waals surface area contributed by atoms with Crippen LogP contribution in [0, 0.1) is 17.2 Å². The third-order valence-corrected chi connectivity index (χ3v) is 5.83. The lowest BCUT2D eigenvalue weighted by Crippen LogP contribution is -2.20. The van der Waals surface area contributed by atoms with Crippen LogP contribution in [0.15, 0.2) is 43.1 Å². The number of anilines is 1. The first-order valence-electron chi connectivity index (χ1n) is 10.1. The zero-order valence-electron chi connectivity index (χ0n) is 17.0. The van der Waals surface area contributed by atoms with Crippen LogP contribution in [0.5, 0.6) is 0 Å². The Kier molecular flexibility index (Phi) is 4.43. The third kappa shape index (κ3) is 3.08. The number of nitrogens with zero attached hydrogens (tertiary/aromatic N) is 8. The smallest absolute Gasteiger partial charge is 0.128 e. The molecule has 0 aromatic carbocycles. The number of rotatable bonds is 4. The molecule has 0 saturated carbocycles. The first-order chi connectivity index (χ1) is 14.7. The van der Waals surface area contributed by atoms with Crippen LogP contribution in [0.25, 0.3) is 28.0 Å². The van der Waals surface area contributed by atoms with Gasteiger partial charge in [0.2, 0.25) is 0 Å². The Hall–Kier alpha value is -3.73. The Morgan fingerprint density at radius 3 is 2.70 bits per heavy atom. The van der Waals surface area contributed by atoms with Gasteiger partial charge in [-0.25, -0.2) is 14.5 Å². The zero-order chi connectivity index (χ0) is 20.7. The second-order valence-electron chi connectivity index (χ2n) is 7.75. The first kappa shape index (κ1) is 18.3. The van der Waals surface area contributed by atoms with Crippen molar-refractivity contribution in [1.29, 1.82) is 5.26 Å². The molecule has 1 aliphatic rings. The minimum absolute atomic E-state index is 0.490. The minimum Gasteiger partial charge on any atom is -0.356 e. The number of fused-ring (bicyclic) bond motifs is 1. The van der Waals surface area contributed by atoms with Crippen molar-refractivity contribution in [3.63, 3.8) is 0 Å². The molecule has 8 heteroatoms. The highest BCUT2D eigenvalue weighted by atomic mass is 15.2. The van der Waals surface area contributed by atoms with E-state index in [0.29, 0.717) is 16.8 Å². The molecule has 4 aromatic rings. The van der Waals surface area contributed by atoms with Gasteiger partial charge < -0.3 is 4.90 Å². The summed E-state index contributed by atoms with van der Waals surface area (Å²) in [5, 5.41) is 18.2. The molecule has 1 atom stereocenters. The molecule has 0 N–H and O–H groups in total. The monoisotopic (exact) mass is 398 g/mol. The summed E-state index contributed by atoms with van der Waals surface area (Å²) in [5.41, 5.74) is 4.36. The number of aromatic nitrogens is 6. The Balaban J connectivity index is 1.59. The molecule has 0 bridgehead atoms. The molecule has 0 spiro atoms. The fourth-order valence-electron chi connectivity index (χ4n) is 4.08. The van der Waals surface area contributed by atoms with E-state index in [1.807, 2.05) is 37.8 Å². The van der Waals surface area contributed by atoms with Crippen molar-refractivity contribution >= 4 is 11.3 Å². The molecule has 0 amide bonds. The van der Waals surface area contributed by atoms with E-state index in [9.17, 15) is 5.26 Å². The zero-order valence-corrected chi connectivity index (χ0v) is 17.0. The fourth-order valence-corrected chi connectivity index (χ4v) is 4.08. The van der Waals surface area contributed by atoms with Crippen molar-refractivity contribution in [2.75, 3.05) is 18.0 Å². The van der Waals surface area contributed by atoms with Crippen LogP contribution >= 0.6 is 0 Å². The van der Waals surface area contributed by atoms with E-state index >= 15 is 0 Å². The number of hydrogen-bond acceptors (Lipinski definition) is 6. The predicted octanol–water partition coefficient (Wildman–Crippen LogP) is 3.30. The van der Waals surface area contributed by atoms with Gasteiger partial charge in [0.1, 0.15) is 23.0 Å². The minimum atomic E-state index is 0.490. The van der Waals surface area contributed by atoms with Gasteiger partial charge in [-0.15, -0.1) is 0 Å². The van der Waals surface area contributed by atoms with Gasteiger partial charge in [0.15, 0.2) is 0 Å². The number of aryl methyl sites for hydroxylation is 1. The number of hydrogen-bond donors (Lipinski definition) is 0.